The minimum atomic E-state index is -0.288. The minimum Gasteiger partial charge on any atom is -0.493 e. The van der Waals surface area contributed by atoms with Gasteiger partial charge in [-0.3, -0.25) is 9.59 Å². The van der Waals surface area contributed by atoms with Crippen molar-refractivity contribution in [1.29, 1.82) is 0 Å². The van der Waals surface area contributed by atoms with Gasteiger partial charge in [-0.1, -0.05) is 129 Å². The second-order valence-electron chi connectivity index (χ2n) is 12.3. The summed E-state index contributed by atoms with van der Waals surface area (Å²) in [7, 11) is 0. The van der Waals surface area contributed by atoms with E-state index >= 15 is 0 Å². The summed E-state index contributed by atoms with van der Waals surface area (Å²) in [6.07, 6.45) is 26.9. The average molecular weight is 740 g/mol. The third-order valence-electron chi connectivity index (χ3n) is 8.67. The van der Waals surface area contributed by atoms with Gasteiger partial charge in [-0.15, -0.1) is 11.3 Å². The van der Waals surface area contributed by atoms with E-state index in [4.69, 9.17) is 4.74 Å². The van der Waals surface area contributed by atoms with Crippen LogP contribution in [-0.4, -0.2) is 18.4 Å². The molecule has 1 aromatic carbocycles. The minimum absolute atomic E-state index is 0.288. The molecule has 0 fully saturated rings. The number of ether oxygens (including phenoxy) is 1. The maximum Gasteiger partial charge on any atom is 0.268 e. The lowest BCUT2D eigenvalue weighted by molar-refractivity contribution is 0.0925. The Morgan fingerprint density at radius 3 is 1.44 bits per heavy atom. The first-order valence-corrected chi connectivity index (χ1v) is 19.5. The summed E-state index contributed by atoms with van der Waals surface area (Å²) in [6, 6.07) is 7.41. The number of amides is 2. The van der Waals surface area contributed by atoms with Crippen LogP contribution < -0.4 is 9.64 Å². The number of hydrogen-bond acceptors (Lipinski definition) is 4. The van der Waals surface area contributed by atoms with Crippen molar-refractivity contribution in [3.63, 3.8) is 0 Å². The summed E-state index contributed by atoms with van der Waals surface area (Å²) >= 11 is 8.22. The van der Waals surface area contributed by atoms with Crippen molar-refractivity contribution in [2.24, 2.45) is 5.92 Å². The molecule has 0 radical (unpaired) electrons. The molecule has 2 amide bonds. The highest BCUT2D eigenvalue weighted by molar-refractivity contribution is 9.12. The van der Waals surface area contributed by atoms with Gasteiger partial charge >= 0.3 is 0 Å². The Balaban J connectivity index is 1.44. The van der Waals surface area contributed by atoms with Crippen LogP contribution in [0.3, 0.4) is 0 Å². The van der Waals surface area contributed by atoms with Crippen molar-refractivity contribution in [2.75, 3.05) is 11.5 Å². The van der Waals surface area contributed by atoms with E-state index in [0.717, 1.165) is 12.4 Å². The van der Waals surface area contributed by atoms with Crippen LogP contribution in [0.1, 0.15) is 163 Å². The van der Waals surface area contributed by atoms with E-state index in [1.165, 1.54) is 145 Å². The van der Waals surface area contributed by atoms with Crippen LogP contribution in [0.15, 0.2) is 31.8 Å². The summed E-state index contributed by atoms with van der Waals surface area (Å²) in [4.78, 5) is 27.3. The topological polar surface area (TPSA) is 46.6 Å². The fraction of sp³-hybridized carbons (Fsp3) is 0.667. The molecule has 0 bridgehead atoms. The van der Waals surface area contributed by atoms with Crippen molar-refractivity contribution >= 4 is 60.7 Å². The number of carbonyl (C=O) groups excluding carboxylic acids is 2. The van der Waals surface area contributed by atoms with Crippen LogP contribution in [0.5, 0.6) is 5.75 Å². The number of nitrogens with zero attached hydrogens (tertiary/aromatic N) is 1. The zero-order valence-electron chi connectivity index (χ0n) is 26.6. The number of thiophene rings is 1. The molecule has 4 nitrogen and oxygen atoms in total. The maximum absolute atomic E-state index is 13.0. The average Bonchev–Trinajstić information content (AvgIpc) is 3.46. The monoisotopic (exact) mass is 737 g/mol. The van der Waals surface area contributed by atoms with Crippen molar-refractivity contribution in [1.82, 2.24) is 0 Å². The van der Waals surface area contributed by atoms with Gasteiger partial charge in [0.1, 0.15) is 5.75 Å². The molecule has 1 aromatic heterocycles. The molecule has 43 heavy (non-hydrogen) atoms. The maximum atomic E-state index is 13.0. The number of benzene rings is 1. The molecule has 1 atom stereocenters. The van der Waals surface area contributed by atoms with Gasteiger partial charge in [0, 0.05) is 0 Å². The first-order valence-electron chi connectivity index (χ1n) is 17.1. The fourth-order valence-corrected chi connectivity index (χ4v) is 9.11. The molecule has 0 saturated carbocycles. The molecule has 1 unspecified atom stereocenters. The zero-order chi connectivity index (χ0) is 30.9. The van der Waals surface area contributed by atoms with Crippen molar-refractivity contribution in [3.8, 4) is 5.75 Å². The number of unbranched alkanes of at least 4 members (excludes halogenated alkanes) is 16. The lowest BCUT2D eigenvalue weighted by Crippen LogP contribution is -2.29. The number of imide groups is 1. The van der Waals surface area contributed by atoms with Gasteiger partial charge in [0.2, 0.25) is 0 Å². The molecular formula is C36H53Br2NO3S. The first kappa shape index (κ1) is 36.3. The van der Waals surface area contributed by atoms with Gasteiger partial charge in [-0.05, 0) is 74.9 Å². The van der Waals surface area contributed by atoms with Crippen molar-refractivity contribution in [2.45, 2.75) is 142 Å². The SMILES string of the molecule is CCCCCCCCCCCCC(CCCCCCCCCC)COc1ccc(N2C(=O)c3c(Br)sc(Br)c3C2=O)cc1. The second-order valence-corrected chi connectivity index (χ2v) is 15.9. The van der Waals surface area contributed by atoms with Crippen LogP contribution in [0.25, 0.3) is 0 Å². The van der Waals surface area contributed by atoms with Gasteiger partial charge < -0.3 is 4.74 Å². The second kappa shape index (κ2) is 20.8. The number of rotatable bonds is 24. The van der Waals surface area contributed by atoms with Crippen LogP contribution in [0.4, 0.5) is 5.69 Å². The summed E-state index contributed by atoms with van der Waals surface area (Å²) in [5, 5.41) is 0. The fourth-order valence-electron chi connectivity index (χ4n) is 6.01. The molecular weight excluding hydrogens is 686 g/mol. The third-order valence-corrected chi connectivity index (χ3v) is 11.2. The Hall–Kier alpha value is -1.18. The third kappa shape index (κ3) is 11.9. The van der Waals surface area contributed by atoms with Crippen LogP contribution >= 0.6 is 43.2 Å². The Bertz CT molecular complexity index is 1060. The lowest BCUT2D eigenvalue weighted by Gasteiger charge is -2.19. The number of carbonyl (C=O) groups is 2. The van der Waals surface area contributed by atoms with Crippen LogP contribution in [0.2, 0.25) is 0 Å². The Labute approximate surface area is 282 Å². The van der Waals surface area contributed by atoms with Gasteiger partial charge in [-0.2, -0.15) is 0 Å². The van der Waals surface area contributed by atoms with Crippen LogP contribution in [0, 0.1) is 5.92 Å². The predicted octanol–water partition coefficient (Wildman–Crippen LogP) is 12.9. The van der Waals surface area contributed by atoms with Crippen molar-refractivity contribution in [3.05, 3.63) is 43.0 Å². The normalized spacial score (nSPS) is 13.6. The Kier molecular flexibility index (Phi) is 17.5. The van der Waals surface area contributed by atoms with E-state index < -0.39 is 0 Å². The molecule has 1 aliphatic heterocycles. The number of halogens is 2. The van der Waals surface area contributed by atoms with E-state index in [1.807, 2.05) is 24.3 Å². The molecule has 0 N–H and O–H groups in total. The van der Waals surface area contributed by atoms with Gasteiger partial charge in [0.05, 0.1) is 31.0 Å². The quantitative estimate of drug-likeness (QED) is 0.0795. The van der Waals surface area contributed by atoms with Gasteiger partial charge in [0.25, 0.3) is 11.8 Å². The van der Waals surface area contributed by atoms with Gasteiger partial charge in [0.15, 0.2) is 0 Å². The molecule has 3 rings (SSSR count). The van der Waals surface area contributed by atoms with E-state index in [2.05, 4.69) is 45.7 Å². The highest BCUT2D eigenvalue weighted by Crippen LogP contribution is 2.43. The van der Waals surface area contributed by atoms with Gasteiger partial charge in [-0.25, -0.2) is 4.90 Å². The first-order chi connectivity index (χ1) is 21.0. The van der Waals surface area contributed by atoms with E-state index in [9.17, 15) is 9.59 Å². The Morgan fingerprint density at radius 1 is 0.628 bits per heavy atom. The molecule has 7 heteroatoms. The number of anilines is 1. The molecule has 240 valence electrons. The largest absolute Gasteiger partial charge is 0.493 e. The number of hydrogen-bond donors (Lipinski definition) is 0. The molecule has 0 aliphatic carbocycles. The van der Waals surface area contributed by atoms with E-state index in [0.29, 0.717) is 30.3 Å². The molecule has 2 heterocycles. The highest BCUT2D eigenvalue weighted by atomic mass is 79.9. The predicted molar refractivity (Wildman–Crippen MR) is 190 cm³/mol. The van der Waals surface area contributed by atoms with E-state index in [-0.39, 0.29) is 11.8 Å². The standard InChI is InChI=1S/C36H53Br2NO3S/c1-3-5-7-9-11-13-14-16-18-20-22-28(21-19-17-15-12-10-8-6-4-2)27-42-30-25-23-29(24-26-30)39-35(40)31-32(36(39)41)34(38)43-33(31)37/h23-26,28H,3-22,27H2,1-2H3. The Morgan fingerprint density at radius 2 is 1.02 bits per heavy atom. The summed E-state index contributed by atoms with van der Waals surface area (Å²) in [5.41, 5.74) is 1.46. The summed E-state index contributed by atoms with van der Waals surface area (Å²) in [6.45, 7) is 5.28. The highest BCUT2D eigenvalue weighted by Gasteiger charge is 2.41. The molecule has 0 spiro atoms. The lowest BCUT2D eigenvalue weighted by atomic mass is 9.94. The molecule has 1 aliphatic rings. The zero-order valence-corrected chi connectivity index (χ0v) is 30.6. The molecule has 2 aromatic rings. The van der Waals surface area contributed by atoms with Crippen molar-refractivity contribution < 1.29 is 14.3 Å². The number of fused-ring (bicyclic) bond motifs is 1. The molecule has 0 saturated heterocycles. The summed E-state index contributed by atoms with van der Waals surface area (Å²) < 4.78 is 7.65. The smallest absolute Gasteiger partial charge is 0.268 e. The summed E-state index contributed by atoms with van der Waals surface area (Å²) in [5.74, 6) is 0.790. The van der Waals surface area contributed by atoms with E-state index in [1.54, 1.807) is 0 Å². The van der Waals surface area contributed by atoms with Crippen LogP contribution in [-0.2, 0) is 0 Å².